The van der Waals surface area contributed by atoms with E-state index in [0.717, 1.165) is 25.9 Å². The lowest BCUT2D eigenvalue weighted by Crippen LogP contribution is -2.37. The molecule has 0 unspecified atom stereocenters. The number of nitriles is 1. The van der Waals surface area contributed by atoms with Gasteiger partial charge in [-0.05, 0) is 25.0 Å². The number of methoxy groups -OCH3 is 1. The van der Waals surface area contributed by atoms with Crippen molar-refractivity contribution in [1.82, 2.24) is 4.90 Å². The van der Waals surface area contributed by atoms with Gasteiger partial charge in [0.1, 0.15) is 0 Å². The maximum absolute atomic E-state index is 12.3. The molecule has 22 heavy (non-hydrogen) atoms. The van der Waals surface area contributed by atoms with Crippen molar-refractivity contribution < 1.29 is 14.3 Å². The number of carbonyl (C=O) groups excluding carboxylic acids is 1. The van der Waals surface area contributed by atoms with Crippen LogP contribution in [0.15, 0.2) is 18.2 Å². The number of benzene rings is 1. The summed E-state index contributed by atoms with van der Waals surface area (Å²) in [6.45, 7) is 1.63. The van der Waals surface area contributed by atoms with Gasteiger partial charge >= 0.3 is 0 Å². The van der Waals surface area contributed by atoms with Crippen LogP contribution in [-0.2, 0) is 4.79 Å². The van der Waals surface area contributed by atoms with Crippen LogP contribution in [0.4, 0.5) is 0 Å². The third-order valence-electron chi connectivity index (χ3n) is 3.85. The minimum Gasteiger partial charge on any atom is -0.493 e. The Morgan fingerprint density at radius 2 is 1.86 bits per heavy atom. The van der Waals surface area contributed by atoms with Gasteiger partial charge in [-0.3, -0.25) is 4.79 Å². The molecule has 5 nitrogen and oxygen atoms in total. The van der Waals surface area contributed by atoms with E-state index in [9.17, 15) is 4.79 Å². The molecule has 1 fully saturated rings. The van der Waals surface area contributed by atoms with Gasteiger partial charge in [-0.1, -0.05) is 19.3 Å². The zero-order chi connectivity index (χ0) is 15.8. The highest BCUT2D eigenvalue weighted by molar-refractivity contribution is 5.77. The monoisotopic (exact) mass is 302 g/mol. The van der Waals surface area contributed by atoms with Crippen LogP contribution >= 0.6 is 0 Å². The molecule has 1 saturated heterocycles. The summed E-state index contributed by atoms with van der Waals surface area (Å²) in [7, 11) is 1.52. The highest BCUT2D eigenvalue weighted by Crippen LogP contribution is 2.27. The van der Waals surface area contributed by atoms with Crippen LogP contribution in [-0.4, -0.2) is 37.6 Å². The zero-order valence-electron chi connectivity index (χ0n) is 13.0. The standard InChI is InChI=1S/C17H22N2O3/c1-21-16-11-14(12-18)7-8-15(16)22-13-17(20)19-9-5-3-2-4-6-10-19/h7-8,11H,2-6,9-10,13H2,1H3. The summed E-state index contributed by atoms with van der Waals surface area (Å²) in [5.41, 5.74) is 0.499. The highest BCUT2D eigenvalue weighted by Gasteiger charge is 2.16. The van der Waals surface area contributed by atoms with Crippen LogP contribution in [0.1, 0.15) is 37.7 Å². The summed E-state index contributed by atoms with van der Waals surface area (Å²) in [5, 5.41) is 8.88. The summed E-state index contributed by atoms with van der Waals surface area (Å²) >= 11 is 0. The maximum atomic E-state index is 12.3. The highest BCUT2D eigenvalue weighted by atomic mass is 16.5. The van der Waals surface area contributed by atoms with E-state index in [-0.39, 0.29) is 12.5 Å². The summed E-state index contributed by atoms with van der Waals surface area (Å²) in [6.07, 6.45) is 5.76. The van der Waals surface area contributed by atoms with Crippen LogP contribution < -0.4 is 9.47 Å². The molecular weight excluding hydrogens is 280 g/mol. The van der Waals surface area contributed by atoms with Crippen LogP contribution in [0.25, 0.3) is 0 Å². The minimum absolute atomic E-state index is 0.00224. The van der Waals surface area contributed by atoms with Gasteiger partial charge in [0.25, 0.3) is 5.91 Å². The van der Waals surface area contributed by atoms with Crippen molar-refractivity contribution in [1.29, 1.82) is 5.26 Å². The van der Waals surface area contributed by atoms with E-state index in [0.29, 0.717) is 17.1 Å². The van der Waals surface area contributed by atoms with Crippen LogP contribution in [0.5, 0.6) is 11.5 Å². The van der Waals surface area contributed by atoms with Gasteiger partial charge in [0, 0.05) is 19.2 Å². The molecule has 1 aliphatic heterocycles. The smallest absolute Gasteiger partial charge is 0.260 e. The Bertz CT molecular complexity index is 543. The Labute approximate surface area is 131 Å². The molecule has 0 saturated carbocycles. The van der Waals surface area contributed by atoms with E-state index in [1.54, 1.807) is 18.2 Å². The Kier molecular flexibility index (Phi) is 6.08. The zero-order valence-corrected chi connectivity index (χ0v) is 13.0. The third-order valence-corrected chi connectivity index (χ3v) is 3.85. The topological polar surface area (TPSA) is 62.6 Å². The average molecular weight is 302 g/mol. The molecule has 0 N–H and O–H groups in total. The van der Waals surface area contributed by atoms with Gasteiger partial charge < -0.3 is 14.4 Å². The summed E-state index contributed by atoms with van der Waals surface area (Å²) in [5.74, 6) is 0.967. The van der Waals surface area contributed by atoms with Crippen molar-refractivity contribution in [3.05, 3.63) is 23.8 Å². The number of nitrogens with zero attached hydrogens (tertiary/aromatic N) is 2. The van der Waals surface area contributed by atoms with Crippen molar-refractivity contribution >= 4 is 5.91 Å². The molecule has 0 spiro atoms. The number of carbonyl (C=O) groups is 1. The van der Waals surface area contributed by atoms with Gasteiger partial charge in [-0.2, -0.15) is 5.26 Å². The van der Waals surface area contributed by atoms with Crippen LogP contribution in [0.3, 0.4) is 0 Å². The van der Waals surface area contributed by atoms with Crippen molar-refractivity contribution in [3.63, 3.8) is 0 Å². The van der Waals surface area contributed by atoms with Gasteiger partial charge in [-0.25, -0.2) is 0 Å². The molecule has 0 aromatic heterocycles. The second-order valence-electron chi connectivity index (χ2n) is 5.41. The average Bonchev–Trinajstić information content (AvgIpc) is 2.52. The van der Waals surface area contributed by atoms with E-state index in [2.05, 4.69) is 0 Å². The van der Waals surface area contributed by atoms with Crippen LogP contribution in [0, 0.1) is 11.3 Å². The molecule has 1 amide bonds. The van der Waals surface area contributed by atoms with Crippen molar-refractivity contribution in [2.75, 3.05) is 26.8 Å². The first-order chi connectivity index (χ1) is 10.7. The third kappa shape index (κ3) is 4.39. The second-order valence-corrected chi connectivity index (χ2v) is 5.41. The molecule has 0 radical (unpaired) electrons. The molecular formula is C17H22N2O3. The van der Waals surface area contributed by atoms with Gasteiger partial charge in [0.15, 0.2) is 18.1 Å². The molecule has 2 rings (SSSR count). The van der Waals surface area contributed by atoms with Crippen molar-refractivity contribution in [3.8, 4) is 17.6 Å². The first kappa shape index (κ1) is 16.2. The Morgan fingerprint density at radius 1 is 1.18 bits per heavy atom. The summed E-state index contributed by atoms with van der Waals surface area (Å²) in [4.78, 5) is 14.2. The fourth-order valence-electron chi connectivity index (χ4n) is 2.58. The van der Waals surface area contributed by atoms with E-state index >= 15 is 0 Å². The first-order valence-electron chi connectivity index (χ1n) is 7.73. The van der Waals surface area contributed by atoms with E-state index in [1.807, 2.05) is 11.0 Å². The molecule has 1 aromatic rings. The summed E-state index contributed by atoms with van der Waals surface area (Å²) in [6, 6.07) is 6.97. The normalized spacial score (nSPS) is 15.4. The number of ether oxygens (including phenoxy) is 2. The number of rotatable bonds is 4. The SMILES string of the molecule is COc1cc(C#N)ccc1OCC(=O)N1CCCCCCC1. The number of hydrogen-bond acceptors (Lipinski definition) is 4. The Balaban J connectivity index is 1.94. The molecule has 0 aliphatic carbocycles. The molecule has 5 heteroatoms. The lowest BCUT2D eigenvalue weighted by atomic mass is 10.1. The fourth-order valence-corrected chi connectivity index (χ4v) is 2.58. The van der Waals surface area contributed by atoms with Crippen LogP contribution in [0.2, 0.25) is 0 Å². The lowest BCUT2D eigenvalue weighted by molar-refractivity contribution is -0.133. The minimum atomic E-state index is 0.00224. The largest absolute Gasteiger partial charge is 0.493 e. The van der Waals surface area contributed by atoms with E-state index in [1.165, 1.54) is 26.4 Å². The van der Waals surface area contributed by atoms with Crippen molar-refractivity contribution in [2.24, 2.45) is 0 Å². The maximum Gasteiger partial charge on any atom is 0.260 e. The fraction of sp³-hybridized carbons (Fsp3) is 0.529. The quantitative estimate of drug-likeness (QED) is 0.858. The molecule has 118 valence electrons. The van der Waals surface area contributed by atoms with Gasteiger partial charge in [0.05, 0.1) is 18.7 Å². The number of amides is 1. The summed E-state index contributed by atoms with van der Waals surface area (Å²) < 4.78 is 10.8. The van der Waals surface area contributed by atoms with Crippen molar-refractivity contribution in [2.45, 2.75) is 32.1 Å². The molecule has 1 aliphatic rings. The van der Waals surface area contributed by atoms with Gasteiger partial charge in [0.2, 0.25) is 0 Å². The predicted molar refractivity (Wildman–Crippen MR) is 82.9 cm³/mol. The predicted octanol–water partition coefficient (Wildman–Crippen LogP) is 2.74. The molecule has 1 aromatic carbocycles. The molecule has 0 atom stereocenters. The van der Waals surface area contributed by atoms with Gasteiger partial charge in [-0.15, -0.1) is 0 Å². The van der Waals surface area contributed by atoms with E-state index < -0.39 is 0 Å². The second kappa shape index (κ2) is 8.28. The Morgan fingerprint density at radius 3 is 2.50 bits per heavy atom. The molecule has 1 heterocycles. The Hall–Kier alpha value is -2.22. The number of hydrogen-bond donors (Lipinski definition) is 0. The number of likely N-dealkylation sites (tertiary alicyclic amines) is 1. The molecule has 0 bridgehead atoms. The van der Waals surface area contributed by atoms with E-state index in [4.69, 9.17) is 14.7 Å². The first-order valence-corrected chi connectivity index (χ1v) is 7.73. The lowest BCUT2D eigenvalue weighted by Gasteiger charge is -2.24.